The summed E-state index contributed by atoms with van der Waals surface area (Å²) in [5.41, 5.74) is 1.46. The number of aromatic nitrogens is 2. The predicted octanol–water partition coefficient (Wildman–Crippen LogP) is 4.38. The maximum Gasteiger partial charge on any atom is 0.373 e. The van der Waals surface area contributed by atoms with Crippen LogP contribution in [0.25, 0.3) is 11.1 Å². The highest BCUT2D eigenvalue weighted by atomic mass is 16.6. The van der Waals surface area contributed by atoms with Gasteiger partial charge < -0.3 is 14.4 Å². The van der Waals surface area contributed by atoms with E-state index in [0.29, 0.717) is 24.6 Å². The first-order chi connectivity index (χ1) is 16.1. The van der Waals surface area contributed by atoms with E-state index in [9.17, 15) is 10.1 Å². The summed E-state index contributed by atoms with van der Waals surface area (Å²) < 4.78 is 11.4. The number of nitro groups is 1. The molecule has 1 aromatic heterocycles. The number of hydrogen-bond acceptors (Lipinski definition) is 8. The molecule has 3 aromatic rings. The lowest BCUT2D eigenvalue weighted by molar-refractivity contribution is -0.385. The fraction of sp³-hybridized carbons (Fsp3) is 0.333. The molecule has 1 saturated heterocycles. The molecule has 0 amide bonds. The molecule has 0 radical (unpaired) electrons. The second-order valence-electron chi connectivity index (χ2n) is 7.77. The Morgan fingerprint density at radius 1 is 1.06 bits per heavy atom. The van der Waals surface area contributed by atoms with E-state index in [4.69, 9.17) is 9.47 Å². The van der Waals surface area contributed by atoms with E-state index >= 15 is 0 Å². The van der Waals surface area contributed by atoms with Crippen LogP contribution in [0, 0.1) is 10.1 Å². The van der Waals surface area contributed by atoms with Crippen molar-refractivity contribution >= 4 is 11.5 Å². The second kappa shape index (κ2) is 10.3. The fourth-order valence-electron chi connectivity index (χ4n) is 3.99. The molecule has 4 rings (SSSR count). The minimum Gasteiger partial charge on any atom is -0.497 e. The van der Waals surface area contributed by atoms with Crippen molar-refractivity contribution in [1.82, 2.24) is 14.9 Å². The largest absolute Gasteiger partial charge is 0.497 e. The van der Waals surface area contributed by atoms with Crippen molar-refractivity contribution in [2.45, 2.75) is 13.3 Å². The van der Waals surface area contributed by atoms with Gasteiger partial charge in [-0.3, -0.25) is 15.0 Å². The highest BCUT2D eigenvalue weighted by Crippen LogP contribution is 2.41. The zero-order chi connectivity index (χ0) is 23.2. The van der Waals surface area contributed by atoms with Gasteiger partial charge in [-0.2, -0.15) is 4.98 Å². The van der Waals surface area contributed by atoms with Gasteiger partial charge in [0, 0.05) is 37.8 Å². The smallest absolute Gasteiger partial charge is 0.373 e. The van der Waals surface area contributed by atoms with E-state index in [1.165, 1.54) is 6.33 Å². The zero-order valence-corrected chi connectivity index (χ0v) is 18.8. The molecule has 0 aliphatic carbocycles. The lowest BCUT2D eigenvalue weighted by Gasteiger charge is -2.34. The number of rotatable bonds is 8. The summed E-state index contributed by atoms with van der Waals surface area (Å²) >= 11 is 0. The van der Waals surface area contributed by atoms with Gasteiger partial charge in [0.1, 0.15) is 17.8 Å². The molecule has 1 fully saturated rings. The highest BCUT2D eigenvalue weighted by molar-refractivity contribution is 5.73. The molecule has 2 heterocycles. The van der Waals surface area contributed by atoms with Gasteiger partial charge in [0.2, 0.25) is 5.82 Å². The Morgan fingerprint density at radius 3 is 2.48 bits per heavy atom. The first kappa shape index (κ1) is 22.5. The Hall–Kier alpha value is -3.72. The van der Waals surface area contributed by atoms with Gasteiger partial charge in [-0.1, -0.05) is 37.3 Å². The molecule has 1 aliphatic rings. The monoisotopic (exact) mass is 449 g/mol. The lowest BCUT2D eigenvalue weighted by Crippen LogP contribution is -2.47. The van der Waals surface area contributed by atoms with Crippen LogP contribution in [-0.2, 0) is 0 Å². The van der Waals surface area contributed by atoms with Crippen LogP contribution in [0.2, 0.25) is 0 Å². The first-order valence-electron chi connectivity index (χ1n) is 11.0. The molecule has 0 atom stereocenters. The van der Waals surface area contributed by atoms with Crippen LogP contribution < -0.4 is 14.4 Å². The number of anilines is 1. The summed E-state index contributed by atoms with van der Waals surface area (Å²) in [5, 5.41) is 12.1. The fourth-order valence-corrected chi connectivity index (χ4v) is 3.99. The third kappa shape index (κ3) is 5.04. The number of nitrogens with zero attached hydrogens (tertiary/aromatic N) is 5. The normalized spacial score (nSPS) is 14.2. The third-order valence-electron chi connectivity index (χ3n) is 5.64. The zero-order valence-electron chi connectivity index (χ0n) is 18.8. The van der Waals surface area contributed by atoms with Gasteiger partial charge in [-0.15, -0.1) is 0 Å². The molecule has 1 aliphatic heterocycles. The molecule has 0 unspecified atom stereocenters. The maximum atomic E-state index is 12.1. The van der Waals surface area contributed by atoms with E-state index in [1.54, 1.807) is 13.2 Å². The molecule has 33 heavy (non-hydrogen) atoms. The quantitative estimate of drug-likeness (QED) is 0.369. The number of piperazine rings is 1. The summed E-state index contributed by atoms with van der Waals surface area (Å²) in [6, 6.07) is 15.1. The van der Waals surface area contributed by atoms with Crippen molar-refractivity contribution in [1.29, 1.82) is 0 Å². The van der Waals surface area contributed by atoms with E-state index in [1.807, 2.05) is 47.4 Å². The third-order valence-corrected chi connectivity index (χ3v) is 5.64. The van der Waals surface area contributed by atoms with E-state index in [-0.39, 0.29) is 17.4 Å². The van der Waals surface area contributed by atoms with Crippen molar-refractivity contribution in [3.05, 3.63) is 65.0 Å². The Morgan fingerprint density at radius 2 is 1.82 bits per heavy atom. The summed E-state index contributed by atoms with van der Waals surface area (Å²) in [6.07, 6.45) is 2.40. The van der Waals surface area contributed by atoms with Crippen molar-refractivity contribution < 1.29 is 14.4 Å². The van der Waals surface area contributed by atoms with Crippen LogP contribution in [0.3, 0.4) is 0 Å². The average Bonchev–Trinajstić information content (AvgIpc) is 2.85. The molecule has 172 valence electrons. The van der Waals surface area contributed by atoms with Crippen molar-refractivity contribution in [2.75, 3.05) is 44.7 Å². The van der Waals surface area contributed by atoms with E-state index < -0.39 is 4.92 Å². The van der Waals surface area contributed by atoms with Crippen LogP contribution >= 0.6 is 0 Å². The maximum absolute atomic E-state index is 12.1. The van der Waals surface area contributed by atoms with Gasteiger partial charge in [-0.05, 0) is 30.7 Å². The molecule has 0 spiro atoms. The highest BCUT2D eigenvalue weighted by Gasteiger charge is 2.31. The molecule has 2 aromatic carbocycles. The molecule has 9 nitrogen and oxygen atoms in total. The van der Waals surface area contributed by atoms with Crippen LogP contribution in [0.15, 0.2) is 54.9 Å². The Kier molecular flexibility index (Phi) is 6.99. The minimum absolute atomic E-state index is 0.0913. The van der Waals surface area contributed by atoms with Crippen LogP contribution in [-0.4, -0.2) is 59.6 Å². The Bertz CT molecular complexity index is 1100. The summed E-state index contributed by atoms with van der Waals surface area (Å²) in [4.78, 5) is 24.3. The van der Waals surface area contributed by atoms with E-state index in [0.717, 1.165) is 37.2 Å². The van der Waals surface area contributed by atoms with Crippen molar-refractivity contribution in [3.63, 3.8) is 0 Å². The lowest BCUT2D eigenvalue weighted by atomic mass is 10.0. The molecule has 0 saturated carbocycles. The van der Waals surface area contributed by atoms with Crippen LogP contribution in [0.5, 0.6) is 17.4 Å². The van der Waals surface area contributed by atoms with Crippen molar-refractivity contribution in [2.24, 2.45) is 0 Å². The van der Waals surface area contributed by atoms with Gasteiger partial charge in [0.25, 0.3) is 0 Å². The molecule has 9 heteroatoms. The van der Waals surface area contributed by atoms with E-state index in [2.05, 4.69) is 21.8 Å². The number of hydrogen-bond donors (Lipinski definition) is 0. The summed E-state index contributed by atoms with van der Waals surface area (Å²) in [7, 11) is 1.56. The number of benzene rings is 2. The topological polar surface area (TPSA) is 93.9 Å². The number of methoxy groups -OCH3 is 1. The average molecular weight is 450 g/mol. The molecular weight excluding hydrogens is 422 g/mol. The predicted molar refractivity (Wildman–Crippen MR) is 126 cm³/mol. The van der Waals surface area contributed by atoms with Gasteiger partial charge in [-0.25, -0.2) is 4.98 Å². The standard InChI is InChI=1S/C24H27N5O4/c1-3-11-27-12-14-28(15-13-27)23-22(29(30)31)24(26-17-25-23)33-21-16-19(32-2)9-10-20(21)18-7-5-4-6-8-18/h4-10,16-17H,3,11-15H2,1-2H3. The second-order valence-corrected chi connectivity index (χ2v) is 7.77. The molecular formula is C24H27N5O4. The van der Waals surface area contributed by atoms with Crippen LogP contribution in [0.4, 0.5) is 11.5 Å². The van der Waals surface area contributed by atoms with Gasteiger partial charge in [0.15, 0.2) is 0 Å². The Balaban J connectivity index is 1.70. The SMILES string of the molecule is CCCN1CCN(c2ncnc(Oc3cc(OC)ccc3-c3ccccc3)c2[N+](=O)[O-])CC1. The van der Waals surface area contributed by atoms with Gasteiger partial charge >= 0.3 is 11.6 Å². The minimum atomic E-state index is -0.467. The number of ether oxygens (including phenoxy) is 2. The van der Waals surface area contributed by atoms with Crippen molar-refractivity contribution in [3.8, 4) is 28.5 Å². The van der Waals surface area contributed by atoms with Crippen LogP contribution in [0.1, 0.15) is 13.3 Å². The molecule has 0 N–H and O–H groups in total. The van der Waals surface area contributed by atoms with Gasteiger partial charge in [0.05, 0.1) is 12.0 Å². The first-order valence-corrected chi connectivity index (χ1v) is 11.0. The summed E-state index contributed by atoms with van der Waals surface area (Å²) in [5.74, 6) is 1.19. The summed E-state index contributed by atoms with van der Waals surface area (Å²) in [6.45, 7) is 6.15. The molecule has 0 bridgehead atoms. The Labute approximate surface area is 192 Å².